The van der Waals surface area contributed by atoms with Crippen molar-refractivity contribution in [2.45, 2.75) is 57.5 Å². The molecule has 5 rings (SSSR count). The van der Waals surface area contributed by atoms with E-state index in [1.807, 2.05) is 0 Å². The van der Waals surface area contributed by atoms with Crippen LogP contribution in [0.1, 0.15) is 45.4 Å². The number of amides is 3. The van der Waals surface area contributed by atoms with E-state index in [4.69, 9.17) is 0 Å². The summed E-state index contributed by atoms with van der Waals surface area (Å²) >= 11 is 1.48. The molecule has 0 spiro atoms. The van der Waals surface area contributed by atoms with Crippen LogP contribution in [0.3, 0.4) is 0 Å². The average Bonchev–Trinajstić information content (AvgIpc) is 3.24. The maximum absolute atomic E-state index is 13.0. The van der Waals surface area contributed by atoms with Gasteiger partial charge in [-0.15, -0.1) is 11.8 Å². The molecule has 0 aromatic carbocycles. The molecule has 3 N–H and O–H groups in total. The van der Waals surface area contributed by atoms with Crippen LogP contribution in [0.15, 0.2) is 0 Å². The largest absolute Gasteiger partial charge is 0.480 e. The third kappa shape index (κ3) is 5.78. The van der Waals surface area contributed by atoms with Crippen LogP contribution in [0.25, 0.3) is 0 Å². The highest BCUT2D eigenvalue weighted by Gasteiger charge is 2.54. The minimum atomic E-state index is -1.09. The van der Waals surface area contributed by atoms with Crippen LogP contribution < -0.4 is 10.6 Å². The van der Waals surface area contributed by atoms with Gasteiger partial charge in [-0.2, -0.15) is 0 Å². The Morgan fingerprint density at radius 3 is 2.30 bits per heavy atom. The van der Waals surface area contributed by atoms with Gasteiger partial charge in [-0.05, 0) is 56.3 Å². The van der Waals surface area contributed by atoms with Crippen molar-refractivity contribution in [2.24, 2.45) is 23.2 Å². The number of rotatable bonds is 10. The first-order valence-corrected chi connectivity index (χ1v) is 15.3. The SMILES string of the molecule is CC(=O)N1CSCC1C(=O)N[C@@H](CSSCCNC(=O)C12CC3CC(CC(C3)C1)C2)C(=O)O. The van der Waals surface area contributed by atoms with Crippen molar-refractivity contribution in [1.29, 1.82) is 0 Å². The molecule has 0 radical (unpaired) electrons. The number of nitrogens with zero attached hydrogens (tertiary/aromatic N) is 1. The van der Waals surface area contributed by atoms with Crippen LogP contribution in [0.5, 0.6) is 0 Å². The Hall–Kier alpha value is -1.07. The maximum atomic E-state index is 13.0. The van der Waals surface area contributed by atoms with Gasteiger partial charge in [0, 0.05) is 36.1 Å². The van der Waals surface area contributed by atoms with E-state index in [0.717, 1.165) is 37.0 Å². The quantitative estimate of drug-likeness (QED) is 0.300. The number of hydrogen-bond donors (Lipinski definition) is 3. The average molecular weight is 516 g/mol. The first-order valence-electron chi connectivity index (χ1n) is 11.7. The molecule has 5 aliphatic rings. The summed E-state index contributed by atoms with van der Waals surface area (Å²) in [6, 6.07) is -1.64. The fraction of sp³-hybridized carbons (Fsp3) is 0.818. The Labute approximate surface area is 206 Å². The van der Waals surface area contributed by atoms with Crippen molar-refractivity contribution in [3.8, 4) is 0 Å². The first kappa shape index (κ1) is 25.0. The van der Waals surface area contributed by atoms with Gasteiger partial charge in [-0.25, -0.2) is 4.79 Å². The van der Waals surface area contributed by atoms with Gasteiger partial charge in [0.1, 0.15) is 12.1 Å². The summed E-state index contributed by atoms with van der Waals surface area (Å²) in [6.45, 7) is 1.98. The van der Waals surface area contributed by atoms with Gasteiger partial charge in [0.2, 0.25) is 17.7 Å². The molecular formula is C22H33N3O5S3. The van der Waals surface area contributed by atoms with Crippen LogP contribution in [0, 0.1) is 23.2 Å². The monoisotopic (exact) mass is 515 g/mol. The van der Waals surface area contributed by atoms with Gasteiger partial charge in [0.25, 0.3) is 0 Å². The molecule has 1 unspecified atom stereocenters. The zero-order valence-electron chi connectivity index (χ0n) is 18.9. The highest BCUT2D eigenvalue weighted by Crippen LogP contribution is 2.60. The summed E-state index contributed by atoms with van der Waals surface area (Å²) in [5.41, 5.74) is -0.141. The number of hydrogen-bond acceptors (Lipinski definition) is 7. The van der Waals surface area contributed by atoms with Gasteiger partial charge >= 0.3 is 5.97 Å². The van der Waals surface area contributed by atoms with Crippen LogP contribution in [0.2, 0.25) is 0 Å². The molecule has 8 nitrogen and oxygen atoms in total. The molecule has 0 aromatic rings. The lowest BCUT2D eigenvalue weighted by molar-refractivity contribution is -0.146. The predicted molar refractivity (Wildman–Crippen MR) is 132 cm³/mol. The van der Waals surface area contributed by atoms with Crippen molar-refractivity contribution in [1.82, 2.24) is 15.5 Å². The van der Waals surface area contributed by atoms with Crippen LogP contribution in [-0.4, -0.2) is 75.5 Å². The molecule has 33 heavy (non-hydrogen) atoms. The van der Waals surface area contributed by atoms with Gasteiger partial charge in [-0.3, -0.25) is 14.4 Å². The fourth-order valence-electron chi connectivity index (χ4n) is 6.37. The zero-order chi connectivity index (χ0) is 23.6. The van der Waals surface area contributed by atoms with Gasteiger partial charge in [-0.1, -0.05) is 21.6 Å². The second kappa shape index (κ2) is 10.7. The van der Waals surface area contributed by atoms with E-state index in [2.05, 4.69) is 10.6 Å². The minimum Gasteiger partial charge on any atom is -0.480 e. The number of thioether (sulfide) groups is 1. The first-order chi connectivity index (χ1) is 15.8. The molecular weight excluding hydrogens is 482 g/mol. The Balaban J connectivity index is 1.15. The van der Waals surface area contributed by atoms with Gasteiger partial charge < -0.3 is 20.6 Å². The zero-order valence-corrected chi connectivity index (χ0v) is 21.4. The maximum Gasteiger partial charge on any atom is 0.327 e. The number of carbonyl (C=O) groups excluding carboxylic acids is 3. The number of aliphatic carboxylic acids is 1. The summed E-state index contributed by atoms with van der Waals surface area (Å²) in [4.78, 5) is 50.2. The lowest BCUT2D eigenvalue weighted by Gasteiger charge is -2.55. The molecule has 1 saturated heterocycles. The summed E-state index contributed by atoms with van der Waals surface area (Å²) in [5, 5.41) is 15.2. The van der Waals surface area contributed by atoms with Crippen molar-refractivity contribution >= 4 is 57.0 Å². The van der Waals surface area contributed by atoms with E-state index in [-0.39, 0.29) is 23.0 Å². The van der Waals surface area contributed by atoms with E-state index in [0.29, 0.717) is 23.9 Å². The minimum absolute atomic E-state index is 0.141. The molecule has 4 aliphatic carbocycles. The highest BCUT2D eigenvalue weighted by molar-refractivity contribution is 8.76. The Morgan fingerprint density at radius 1 is 1.09 bits per heavy atom. The molecule has 3 amide bonds. The molecule has 11 heteroatoms. The summed E-state index contributed by atoms with van der Waals surface area (Å²) in [7, 11) is 2.88. The number of carbonyl (C=O) groups is 4. The van der Waals surface area contributed by atoms with E-state index >= 15 is 0 Å². The third-order valence-electron chi connectivity index (χ3n) is 7.51. The second-order valence-electron chi connectivity index (χ2n) is 9.96. The van der Waals surface area contributed by atoms with E-state index in [9.17, 15) is 24.3 Å². The summed E-state index contributed by atoms with van der Waals surface area (Å²) in [6.07, 6.45) is 7.08. The molecule has 4 saturated carbocycles. The lowest BCUT2D eigenvalue weighted by atomic mass is 9.49. The smallest absolute Gasteiger partial charge is 0.327 e. The Kier molecular flexibility index (Phi) is 8.10. The molecule has 184 valence electrons. The van der Waals surface area contributed by atoms with Crippen LogP contribution >= 0.6 is 33.3 Å². The molecule has 5 fully saturated rings. The molecule has 1 heterocycles. The lowest BCUT2D eigenvalue weighted by Crippen LogP contribution is -2.53. The van der Waals surface area contributed by atoms with Gasteiger partial charge in [0.15, 0.2) is 0 Å². The fourth-order valence-corrected chi connectivity index (χ4v) is 9.65. The predicted octanol–water partition coefficient (Wildman–Crippen LogP) is 2.19. The molecule has 1 aliphatic heterocycles. The van der Waals surface area contributed by atoms with E-state index in [1.165, 1.54) is 64.4 Å². The summed E-state index contributed by atoms with van der Waals surface area (Å²) < 4.78 is 0. The third-order valence-corrected chi connectivity index (χ3v) is 10.9. The normalized spacial score (nSPS) is 33.1. The number of nitrogens with one attached hydrogen (secondary N) is 2. The molecule has 0 aromatic heterocycles. The molecule has 4 bridgehead atoms. The van der Waals surface area contributed by atoms with Crippen molar-refractivity contribution in [3.63, 3.8) is 0 Å². The van der Waals surface area contributed by atoms with Crippen molar-refractivity contribution in [2.75, 3.05) is 29.7 Å². The standard InChI is InChI=1S/C22H33N3O5S3/c1-13(26)25-12-31-11-18(25)19(27)24-17(20(28)29)10-33-32-3-2-23-21(30)22-7-14-4-15(8-22)6-16(5-14)9-22/h14-18H,2-12H2,1H3,(H,23,30)(H,24,27)(H,28,29)/t14?,15?,16?,17-,18?,22?/m0/s1. The van der Waals surface area contributed by atoms with Gasteiger partial charge in [0.05, 0.1) is 5.88 Å². The molecule has 2 atom stereocenters. The van der Waals surface area contributed by atoms with Crippen LogP contribution in [-0.2, 0) is 19.2 Å². The summed E-state index contributed by atoms with van der Waals surface area (Å²) in [5.74, 6) is 2.55. The second-order valence-corrected chi connectivity index (χ2v) is 13.6. The van der Waals surface area contributed by atoms with E-state index in [1.54, 1.807) is 0 Å². The Bertz CT molecular complexity index is 760. The highest BCUT2D eigenvalue weighted by atomic mass is 33.1. The number of carboxylic acids is 1. The van der Waals surface area contributed by atoms with Crippen molar-refractivity contribution in [3.05, 3.63) is 0 Å². The Morgan fingerprint density at radius 2 is 1.73 bits per heavy atom. The van der Waals surface area contributed by atoms with Crippen molar-refractivity contribution < 1.29 is 24.3 Å². The van der Waals surface area contributed by atoms with E-state index < -0.39 is 24.0 Å². The topological polar surface area (TPSA) is 116 Å². The van der Waals surface area contributed by atoms with Crippen LogP contribution in [0.4, 0.5) is 0 Å². The number of carboxylic acid groups (broad SMARTS) is 1.